The van der Waals surface area contributed by atoms with Gasteiger partial charge in [-0.15, -0.1) is 0 Å². The predicted octanol–water partition coefficient (Wildman–Crippen LogP) is 2.93. The molecule has 3 rings (SSSR count). The number of para-hydroxylation sites is 1. The Morgan fingerprint density at radius 2 is 2.12 bits per heavy atom. The Bertz CT molecular complexity index is 731. The first-order valence-corrected chi connectivity index (χ1v) is 8.58. The van der Waals surface area contributed by atoms with Crippen molar-refractivity contribution in [3.05, 3.63) is 59.9 Å². The maximum atomic E-state index is 12.5. The number of likely N-dealkylation sites (N-methyl/N-ethyl adjacent to an activating group) is 1. The molecule has 0 saturated heterocycles. The number of amides is 1. The summed E-state index contributed by atoms with van der Waals surface area (Å²) in [5, 5.41) is 3.17. The van der Waals surface area contributed by atoms with Gasteiger partial charge in [0.25, 0.3) is 0 Å². The van der Waals surface area contributed by atoms with Crippen molar-refractivity contribution >= 4 is 5.91 Å². The van der Waals surface area contributed by atoms with E-state index in [-0.39, 0.29) is 17.6 Å². The van der Waals surface area contributed by atoms with Crippen LogP contribution in [0, 0.1) is 0 Å². The highest BCUT2D eigenvalue weighted by atomic mass is 16.5. The summed E-state index contributed by atoms with van der Waals surface area (Å²) >= 11 is 0. The van der Waals surface area contributed by atoms with Crippen molar-refractivity contribution in [3.8, 4) is 5.75 Å². The van der Waals surface area contributed by atoms with E-state index >= 15 is 0 Å². The second kappa shape index (κ2) is 7.23. The molecule has 1 aliphatic heterocycles. The minimum atomic E-state index is -0.298. The van der Waals surface area contributed by atoms with Crippen molar-refractivity contribution in [1.29, 1.82) is 0 Å². The average molecular weight is 339 g/mol. The van der Waals surface area contributed by atoms with Crippen LogP contribution in [0.25, 0.3) is 0 Å². The standard InChI is InChI=1S/C20H25N3O2/c1-20(2)11-17(16-8-4-5-9-18(16)25-20)22-19(24)14-23(3)13-15-7-6-10-21-12-15/h4-10,12,17H,11,13-14H2,1-3H3,(H,22,24)/t17-/m0/s1. The molecule has 1 aliphatic rings. The van der Waals surface area contributed by atoms with Gasteiger partial charge in [-0.1, -0.05) is 24.3 Å². The minimum absolute atomic E-state index is 0.0175. The summed E-state index contributed by atoms with van der Waals surface area (Å²) in [5.41, 5.74) is 1.84. The molecular weight excluding hydrogens is 314 g/mol. The maximum absolute atomic E-state index is 12.5. The number of nitrogens with one attached hydrogen (secondary N) is 1. The maximum Gasteiger partial charge on any atom is 0.234 e. The zero-order valence-corrected chi connectivity index (χ0v) is 15.0. The minimum Gasteiger partial charge on any atom is -0.487 e. The zero-order valence-electron chi connectivity index (χ0n) is 15.0. The fraction of sp³-hybridized carbons (Fsp3) is 0.400. The normalized spacial score (nSPS) is 18.3. The summed E-state index contributed by atoms with van der Waals surface area (Å²) in [7, 11) is 1.94. The first kappa shape index (κ1) is 17.4. The Hall–Kier alpha value is -2.40. The summed E-state index contributed by atoms with van der Waals surface area (Å²) in [6.07, 6.45) is 4.33. The Labute approximate surface area is 149 Å². The number of carbonyl (C=O) groups excluding carboxylic acids is 1. The molecule has 0 fully saturated rings. The van der Waals surface area contributed by atoms with E-state index < -0.39 is 0 Å². The lowest BCUT2D eigenvalue weighted by Gasteiger charge is -2.38. The molecule has 1 amide bonds. The number of pyridine rings is 1. The van der Waals surface area contributed by atoms with E-state index in [2.05, 4.69) is 24.1 Å². The van der Waals surface area contributed by atoms with Crippen LogP contribution in [-0.2, 0) is 11.3 Å². The summed E-state index contributed by atoms with van der Waals surface area (Å²) < 4.78 is 6.02. The molecule has 0 aliphatic carbocycles. The first-order chi connectivity index (χ1) is 11.9. The number of fused-ring (bicyclic) bond motifs is 1. The number of hydrogen-bond acceptors (Lipinski definition) is 4. The lowest BCUT2D eigenvalue weighted by atomic mass is 9.89. The lowest BCUT2D eigenvalue weighted by Crippen LogP contribution is -2.43. The zero-order chi connectivity index (χ0) is 17.9. The molecule has 25 heavy (non-hydrogen) atoms. The Morgan fingerprint density at radius 3 is 2.88 bits per heavy atom. The van der Waals surface area contributed by atoms with Crippen LogP contribution < -0.4 is 10.1 Å². The fourth-order valence-electron chi connectivity index (χ4n) is 3.28. The summed E-state index contributed by atoms with van der Waals surface area (Å²) in [6.45, 7) is 5.14. The Balaban J connectivity index is 1.62. The van der Waals surface area contributed by atoms with Gasteiger partial charge in [0.15, 0.2) is 0 Å². The second-order valence-corrected chi connectivity index (χ2v) is 7.26. The molecule has 5 heteroatoms. The topological polar surface area (TPSA) is 54.5 Å². The van der Waals surface area contributed by atoms with Crippen LogP contribution in [-0.4, -0.2) is 35.0 Å². The van der Waals surface area contributed by atoms with E-state index in [9.17, 15) is 4.79 Å². The molecule has 1 aromatic heterocycles. The number of nitrogens with zero attached hydrogens (tertiary/aromatic N) is 2. The summed E-state index contributed by atoms with van der Waals surface area (Å²) in [5.74, 6) is 0.872. The number of aromatic nitrogens is 1. The van der Waals surface area contributed by atoms with E-state index in [1.165, 1.54) is 0 Å². The van der Waals surface area contributed by atoms with Gasteiger partial charge >= 0.3 is 0 Å². The van der Waals surface area contributed by atoms with Crippen LogP contribution in [0.1, 0.15) is 37.4 Å². The molecule has 2 aromatic rings. The van der Waals surface area contributed by atoms with Crippen molar-refractivity contribution in [3.63, 3.8) is 0 Å². The molecule has 1 aromatic carbocycles. The highest BCUT2D eigenvalue weighted by Gasteiger charge is 2.34. The predicted molar refractivity (Wildman–Crippen MR) is 97.2 cm³/mol. The van der Waals surface area contributed by atoms with Crippen molar-refractivity contribution in [2.75, 3.05) is 13.6 Å². The third-order valence-electron chi connectivity index (χ3n) is 4.30. The molecule has 1 atom stereocenters. The number of rotatable bonds is 5. The van der Waals surface area contributed by atoms with Gasteiger partial charge in [0.05, 0.1) is 12.6 Å². The molecule has 2 heterocycles. The van der Waals surface area contributed by atoms with E-state index in [4.69, 9.17) is 4.74 Å². The van der Waals surface area contributed by atoms with Crippen molar-refractivity contribution in [1.82, 2.24) is 15.2 Å². The smallest absolute Gasteiger partial charge is 0.234 e. The molecule has 0 saturated carbocycles. The van der Waals surface area contributed by atoms with Crippen LogP contribution in [0.15, 0.2) is 48.8 Å². The lowest BCUT2D eigenvalue weighted by molar-refractivity contribution is -0.123. The first-order valence-electron chi connectivity index (χ1n) is 8.58. The van der Waals surface area contributed by atoms with Gasteiger partial charge < -0.3 is 10.1 Å². The van der Waals surface area contributed by atoms with E-state index in [1.807, 2.05) is 54.5 Å². The van der Waals surface area contributed by atoms with E-state index in [0.717, 1.165) is 23.3 Å². The van der Waals surface area contributed by atoms with Crippen LogP contribution in [0.3, 0.4) is 0 Å². The molecule has 1 N–H and O–H groups in total. The van der Waals surface area contributed by atoms with Gasteiger partial charge in [0.1, 0.15) is 11.4 Å². The summed E-state index contributed by atoms with van der Waals surface area (Å²) in [6, 6.07) is 11.8. The summed E-state index contributed by atoms with van der Waals surface area (Å²) in [4.78, 5) is 18.6. The van der Waals surface area contributed by atoms with Crippen molar-refractivity contribution in [2.24, 2.45) is 0 Å². The number of ether oxygens (including phenoxy) is 1. The van der Waals surface area contributed by atoms with Crippen LogP contribution in [0.5, 0.6) is 5.75 Å². The van der Waals surface area contributed by atoms with Gasteiger partial charge in [-0.2, -0.15) is 0 Å². The molecule has 0 bridgehead atoms. The van der Waals surface area contributed by atoms with Gasteiger partial charge in [-0.25, -0.2) is 0 Å². The Kier molecular flexibility index (Phi) is 5.04. The van der Waals surface area contributed by atoms with E-state index in [1.54, 1.807) is 6.20 Å². The van der Waals surface area contributed by atoms with Crippen LogP contribution in [0.4, 0.5) is 0 Å². The third-order valence-corrected chi connectivity index (χ3v) is 4.30. The highest BCUT2D eigenvalue weighted by molar-refractivity contribution is 5.78. The second-order valence-electron chi connectivity index (χ2n) is 7.26. The third kappa shape index (κ3) is 4.57. The molecule has 0 spiro atoms. The van der Waals surface area contributed by atoms with Gasteiger partial charge in [0.2, 0.25) is 5.91 Å². The van der Waals surface area contributed by atoms with E-state index in [0.29, 0.717) is 13.1 Å². The highest BCUT2D eigenvalue weighted by Crippen LogP contribution is 2.39. The fourth-order valence-corrected chi connectivity index (χ4v) is 3.28. The van der Waals surface area contributed by atoms with Crippen LogP contribution >= 0.6 is 0 Å². The van der Waals surface area contributed by atoms with Crippen LogP contribution in [0.2, 0.25) is 0 Å². The van der Waals surface area contributed by atoms with Gasteiger partial charge in [0, 0.05) is 30.9 Å². The molecule has 0 radical (unpaired) electrons. The molecular formula is C20H25N3O2. The molecule has 5 nitrogen and oxygen atoms in total. The van der Waals surface area contributed by atoms with Crippen molar-refractivity contribution in [2.45, 2.75) is 38.5 Å². The quantitative estimate of drug-likeness (QED) is 0.910. The monoisotopic (exact) mass is 339 g/mol. The SMILES string of the molecule is CN(CC(=O)N[C@H]1CC(C)(C)Oc2ccccc21)Cc1cccnc1. The molecule has 132 valence electrons. The number of hydrogen-bond donors (Lipinski definition) is 1. The largest absolute Gasteiger partial charge is 0.487 e. The number of carbonyl (C=O) groups is 1. The number of benzene rings is 1. The Morgan fingerprint density at radius 1 is 1.32 bits per heavy atom. The van der Waals surface area contributed by atoms with Gasteiger partial charge in [-0.3, -0.25) is 14.7 Å². The average Bonchev–Trinajstić information content (AvgIpc) is 2.54. The molecule has 0 unspecified atom stereocenters. The van der Waals surface area contributed by atoms with Crippen molar-refractivity contribution < 1.29 is 9.53 Å². The van der Waals surface area contributed by atoms with Gasteiger partial charge in [-0.05, 0) is 38.6 Å².